The Morgan fingerprint density at radius 3 is 2.61 bits per heavy atom. The molecule has 2 aromatic carbocycles. The Kier molecular flexibility index (Phi) is 3.92. The van der Waals surface area contributed by atoms with Crippen LogP contribution in [-0.4, -0.2) is 26.7 Å². The van der Waals surface area contributed by atoms with Crippen LogP contribution in [0.15, 0.2) is 58.8 Å². The van der Waals surface area contributed by atoms with Crippen LogP contribution in [0, 0.1) is 6.92 Å². The van der Waals surface area contributed by atoms with E-state index in [1.165, 1.54) is 0 Å². The van der Waals surface area contributed by atoms with E-state index in [1.807, 2.05) is 55.5 Å². The maximum absolute atomic E-state index is 8.99. The van der Waals surface area contributed by atoms with Gasteiger partial charge in [0, 0.05) is 0 Å². The third kappa shape index (κ3) is 3.13. The minimum absolute atomic E-state index is 0.135. The van der Waals surface area contributed by atoms with Crippen LogP contribution in [0.3, 0.4) is 0 Å². The smallest absolute Gasteiger partial charge is 0.194 e. The number of nitrogens with one attached hydrogen (secondary N) is 2. The Morgan fingerprint density at radius 1 is 1.17 bits per heavy atom. The summed E-state index contributed by atoms with van der Waals surface area (Å²) < 4.78 is 0. The molecule has 23 heavy (non-hydrogen) atoms. The molecule has 3 rings (SSSR count). The molecule has 3 aromatic rings. The average molecular weight is 308 g/mol. The number of amidine groups is 1. The molecule has 0 saturated carbocycles. The number of hydrazone groups is 1. The van der Waals surface area contributed by atoms with Crippen molar-refractivity contribution in [1.82, 2.24) is 9.97 Å². The van der Waals surface area contributed by atoms with Crippen molar-refractivity contribution in [2.24, 2.45) is 16.0 Å². The second kappa shape index (κ2) is 6.18. The largest absolute Gasteiger partial charge is 0.409 e. The van der Waals surface area contributed by atoms with Crippen LogP contribution in [0.25, 0.3) is 11.0 Å². The fraction of sp³-hybridized carbons (Fsp3) is 0.0625. The van der Waals surface area contributed by atoms with Crippen molar-refractivity contribution < 1.29 is 5.21 Å². The standard InChI is InChI=1S/C16H16N6O/c1-10-6-8-11(9-7-10)20-21-14(15(17)22-23)16-18-12-4-2-3-5-13(12)19-16/h2-9,20,23H,1H3,(H2,17,22)(H,18,19). The van der Waals surface area contributed by atoms with E-state index in [4.69, 9.17) is 10.9 Å². The highest BCUT2D eigenvalue weighted by atomic mass is 16.4. The monoisotopic (exact) mass is 308 g/mol. The third-order valence-corrected chi connectivity index (χ3v) is 3.31. The zero-order valence-electron chi connectivity index (χ0n) is 12.5. The summed E-state index contributed by atoms with van der Waals surface area (Å²) in [5.74, 6) is 0.282. The van der Waals surface area contributed by atoms with Gasteiger partial charge in [0.2, 0.25) is 0 Å². The number of hydrogen-bond acceptors (Lipinski definition) is 5. The third-order valence-electron chi connectivity index (χ3n) is 3.31. The Hall–Kier alpha value is -3.35. The number of imidazole rings is 1. The molecular weight excluding hydrogens is 292 g/mol. The fourth-order valence-corrected chi connectivity index (χ4v) is 2.09. The van der Waals surface area contributed by atoms with Gasteiger partial charge in [-0.3, -0.25) is 5.43 Å². The number of benzene rings is 2. The molecule has 0 aliphatic carbocycles. The van der Waals surface area contributed by atoms with Gasteiger partial charge >= 0.3 is 0 Å². The quantitative estimate of drug-likeness (QED) is 0.257. The Bertz CT molecular complexity index is 846. The number of fused-ring (bicyclic) bond motifs is 1. The zero-order chi connectivity index (χ0) is 16.2. The predicted octanol–water partition coefficient (Wildman–Crippen LogP) is 2.43. The molecule has 116 valence electrons. The minimum Gasteiger partial charge on any atom is -0.409 e. The SMILES string of the molecule is Cc1ccc(NN=C(/C(N)=N/O)c2nc3ccccc3[nH]2)cc1. The van der Waals surface area contributed by atoms with Crippen LogP contribution in [0.4, 0.5) is 5.69 Å². The molecule has 0 aliphatic heterocycles. The van der Waals surface area contributed by atoms with Gasteiger partial charge in [0.25, 0.3) is 0 Å². The summed E-state index contributed by atoms with van der Waals surface area (Å²) in [4.78, 5) is 7.51. The summed E-state index contributed by atoms with van der Waals surface area (Å²) in [7, 11) is 0. The first-order valence-electron chi connectivity index (χ1n) is 7.01. The van der Waals surface area contributed by atoms with E-state index in [9.17, 15) is 0 Å². The van der Waals surface area contributed by atoms with Gasteiger partial charge in [0.05, 0.1) is 16.7 Å². The van der Waals surface area contributed by atoms with E-state index in [-0.39, 0.29) is 11.5 Å². The van der Waals surface area contributed by atoms with Crippen LogP contribution in [0.1, 0.15) is 11.4 Å². The number of nitrogens with two attached hydrogens (primary N) is 1. The van der Waals surface area contributed by atoms with E-state index in [1.54, 1.807) is 0 Å². The van der Waals surface area contributed by atoms with Crippen LogP contribution >= 0.6 is 0 Å². The number of oxime groups is 1. The number of rotatable bonds is 4. The molecule has 0 spiro atoms. The molecule has 0 unspecified atom stereocenters. The lowest BCUT2D eigenvalue weighted by molar-refractivity contribution is 0.319. The number of para-hydroxylation sites is 2. The number of aromatic nitrogens is 2. The summed E-state index contributed by atoms with van der Waals surface area (Å²) in [5.41, 5.74) is 12.4. The highest BCUT2D eigenvalue weighted by Crippen LogP contribution is 2.12. The Balaban J connectivity index is 1.97. The van der Waals surface area contributed by atoms with E-state index >= 15 is 0 Å². The van der Waals surface area contributed by atoms with Gasteiger partial charge in [-0.25, -0.2) is 4.98 Å². The van der Waals surface area contributed by atoms with Gasteiger partial charge < -0.3 is 15.9 Å². The maximum atomic E-state index is 8.99. The summed E-state index contributed by atoms with van der Waals surface area (Å²) in [6.45, 7) is 2.00. The van der Waals surface area contributed by atoms with Gasteiger partial charge in [0.15, 0.2) is 17.4 Å². The molecule has 0 bridgehead atoms. The topological polar surface area (TPSA) is 112 Å². The van der Waals surface area contributed by atoms with Crippen molar-refractivity contribution in [3.8, 4) is 0 Å². The van der Waals surface area contributed by atoms with Gasteiger partial charge in [-0.05, 0) is 31.2 Å². The first-order chi connectivity index (χ1) is 11.2. The number of hydrogen-bond donors (Lipinski definition) is 4. The van der Waals surface area contributed by atoms with Gasteiger partial charge in [-0.2, -0.15) is 5.10 Å². The molecule has 0 fully saturated rings. The van der Waals surface area contributed by atoms with Gasteiger partial charge in [-0.15, -0.1) is 0 Å². The maximum Gasteiger partial charge on any atom is 0.194 e. The summed E-state index contributed by atoms with van der Waals surface area (Å²) >= 11 is 0. The van der Waals surface area contributed by atoms with Crippen molar-refractivity contribution >= 4 is 28.3 Å². The molecule has 0 saturated heterocycles. The van der Waals surface area contributed by atoms with E-state index in [0.717, 1.165) is 22.3 Å². The summed E-state index contributed by atoms with van der Waals surface area (Å²) in [5, 5.41) is 16.2. The number of nitrogens with zero attached hydrogens (tertiary/aromatic N) is 3. The number of aryl methyl sites for hydroxylation is 1. The molecule has 0 aliphatic rings. The van der Waals surface area contributed by atoms with Crippen molar-refractivity contribution in [3.63, 3.8) is 0 Å². The molecule has 7 heteroatoms. The van der Waals surface area contributed by atoms with Crippen LogP contribution in [0.5, 0.6) is 0 Å². The lowest BCUT2D eigenvalue weighted by Crippen LogP contribution is -2.27. The molecule has 1 heterocycles. The number of H-pyrrole nitrogens is 1. The number of aromatic amines is 1. The lowest BCUT2D eigenvalue weighted by Gasteiger charge is -2.04. The predicted molar refractivity (Wildman–Crippen MR) is 90.8 cm³/mol. The number of anilines is 1. The van der Waals surface area contributed by atoms with Gasteiger partial charge in [0.1, 0.15) is 0 Å². The first kappa shape index (κ1) is 14.6. The average Bonchev–Trinajstić information content (AvgIpc) is 3.00. The zero-order valence-corrected chi connectivity index (χ0v) is 12.5. The molecule has 7 nitrogen and oxygen atoms in total. The summed E-state index contributed by atoms with van der Waals surface area (Å²) in [6.07, 6.45) is 0. The first-order valence-corrected chi connectivity index (χ1v) is 7.01. The normalized spacial score (nSPS) is 12.6. The molecule has 0 radical (unpaired) electrons. The highest BCUT2D eigenvalue weighted by molar-refractivity contribution is 6.46. The lowest BCUT2D eigenvalue weighted by atomic mass is 10.2. The van der Waals surface area contributed by atoms with Crippen LogP contribution in [0.2, 0.25) is 0 Å². The molecule has 5 N–H and O–H groups in total. The van der Waals surface area contributed by atoms with Crippen molar-refractivity contribution in [3.05, 3.63) is 59.9 Å². The van der Waals surface area contributed by atoms with Crippen molar-refractivity contribution in [1.29, 1.82) is 0 Å². The van der Waals surface area contributed by atoms with E-state index < -0.39 is 0 Å². The highest BCUT2D eigenvalue weighted by Gasteiger charge is 2.14. The van der Waals surface area contributed by atoms with Crippen molar-refractivity contribution in [2.45, 2.75) is 6.92 Å². The van der Waals surface area contributed by atoms with E-state index in [2.05, 4.69) is 25.7 Å². The Labute approximate surface area is 132 Å². The molecule has 0 atom stereocenters. The molecule has 0 amide bonds. The van der Waals surface area contributed by atoms with Crippen LogP contribution in [-0.2, 0) is 0 Å². The van der Waals surface area contributed by atoms with E-state index in [0.29, 0.717) is 5.82 Å². The second-order valence-corrected chi connectivity index (χ2v) is 5.03. The fourth-order valence-electron chi connectivity index (χ4n) is 2.09. The summed E-state index contributed by atoms with van der Waals surface area (Å²) in [6, 6.07) is 15.2. The van der Waals surface area contributed by atoms with Gasteiger partial charge in [-0.1, -0.05) is 35.0 Å². The van der Waals surface area contributed by atoms with Crippen LogP contribution < -0.4 is 11.2 Å². The molecule has 1 aromatic heterocycles. The second-order valence-electron chi connectivity index (χ2n) is 5.03. The minimum atomic E-state index is -0.135. The Morgan fingerprint density at radius 2 is 1.91 bits per heavy atom. The molecular formula is C16H16N6O. The van der Waals surface area contributed by atoms with Crippen molar-refractivity contribution in [2.75, 3.05) is 5.43 Å².